The highest BCUT2D eigenvalue weighted by Gasteiger charge is 2.36. The molecule has 0 saturated carbocycles. The molecule has 2 N–H and O–H groups in total. The van der Waals surface area contributed by atoms with E-state index < -0.39 is 17.3 Å². The molecule has 17 heavy (non-hydrogen) atoms. The van der Waals surface area contributed by atoms with Crippen molar-refractivity contribution >= 4 is 23.2 Å². The van der Waals surface area contributed by atoms with Crippen molar-refractivity contribution in [2.75, 3.05) is 0 Å². The summed E-state index contributed by atoms with van der Waals surface area (Å²) in [6.45, 7) is 6.47. The maximum absolute atomic E-state index is 11.8. The Kier molecular flexibility index (Phi) is 3.87. The fraction of sp³-hybridized carbons (Fsp3) is 0.545. The average Bonchev–Trinajstić information content (AvgIpc) is 2.64. The van der Waals surface area contributed by atoms with Gasteiger partial charge in [-0.15, -0.1) is 11.3 Å². The molecular formula is C11H16N2O3S. The lowest BCUT2D eigenvalue weighted by atomic mass is 9.92. The summed E-state index contributed by atoms with van der Waals surface area (Å²) in [6.07, 6.45) is 1.73. The third kappa shape index (κ3) is 3.03. The smallest absolute Gasteiger partial charge is 0.318 e. The first-order chi connectivity index (χ1) is 7.75. The minimum absolute atomic E-state index is 0.278. The summed E-state index contributed by atoms with van der Waals surface area (Å²) in [5.41, 5.74) is -1.43. The Bertz CT molecular complexity index is 440. The number of aromatic nitrogens is 1. The van der Waals surface area contributed by atoms with Crippen LogP contribution in [0.1, 0.15) is 36.7 Å². The first-order valence-electron chi connectivity index (χ1n) is 5.22. The fourth-order valence-electron chi connectivity index (χ4n) is 1.11. The van der Waals surface area contributed by atoms with Crippen LogP contribution in [0, 0.1) is 12.3 Å². The Hall–Kier alpha value is -1.43. The van der Waals surface area contributed by atoms with Crippen LogP contribution in [0.25, 0.3) is 0 Å². The third-order valence-electron chi connectivity index (χ3n) is 2.46. The van der Waals surface area contributed by atoms with Crippen LogP contribution in [0.3, 0.4) is 0 Å². The van der Waals surface area contributed by atoms with Crippen LogP contribution < -0.4 is 5.32 Å². The monoisotopic (exact) mass is 256 g/mol. The Balaban J connectivity index is 2.73. The molecule has 1 aromatic heterocycles. The SMILES string of the molecule is Cc1cnc(C(C)NC(=O)C(C)(C)C(=O)O)s1. The molecule has 0 aliphatic rings. The number of aliphatic carboxylic acids is 1. The number of amides is 1. The van der Waals surface area contributed by atoms with E-state index in [1.54, 1.807) is 13.1 Å². The van der Waals surface area contributed by atoms with Gasteiger partial charge in [0.2, 0.25) is 5.91 Å². The molecule has 1 unspecified atom stereocenters. The van der Waals surface area contributed by atoms with E-state index in [0.29, 0.717) is 0 Å². The van der Waals surface area contributed by atoms with Crippen LogP contribution in [0.2, 0.25) is 0 Å². The van der Waals surface area contributed by atoms with Crippen molar-refractivity contribution in [3.63, 3.8) is 0 Å². The maximum Gasteiger partial charge on any atom is 0.318 e. The molecule has 1 aromatic rings. The van der Waals surface area contributed by atoms with E-state index in [-0.39, 0.29) is 6.04 Å². The standard InChI is InChI=1S/C11H16N2O3S/c1-6-5-12-8(17-6)7(2)13-9(14)11(3,4)10(15)16/h5,7H,1-4H3,(H,13,14)(H,15,16). The van der Waals surface area contributed by atoms with Gasteiger partial charge in [0.15, 0.2) is 0 Å². The first-order valence-corrected chi connectivity index (χ1v) is 6.03. The normalized spacial score (nSPS) is 13.2. The number of carbonyl (C=O) groups is 2. The van der Waals surface area contributed by atoms with Crippen molar-refractivity contribution in [2.45, 2.75) is 33.7 Å². The zero-order valence-corrected chi connectivity index (χ0v) is 11.1. The predicted octanol–water partition coefficient (Wildman–Crippen LogP) is 1.74. The molecule has 5 nitrogen and oxygen atoms in total. The summed E-state index contributed by atoms with van der Waals surface area (Å²) in [4.78, 5) is 27.9. The molecule has 1 rings (SSSR count). The predicted molar refractivity (Wildman–Crippen MR) is 64.8 cm³/mol. The van der Waals surface area contributed by atoms with E-state index >= 15 is 0 Å². The number of aryl methyl sites for hydroxylation is 1. The van der Waals surface area contributed by atoms with Crippen molar-refractivity contribution in [1.29, 1.82) is 0 Å². The van der Waals surface area contributed by atoms with E-state index in [1.165, 1.54) is 25.2 Å². The first kappa shape index (κ1) is 13.6. The lowest BCUT2D eigenvalue weighted by molar-refractivity contribution is -0.153. The number of carboxylic acid groups (broad SMARTS) is 1. The molecule has 1 amide bonds. The molecular weight excluding hydrogens is 240 g/mol. The molecule has 0 radical (unpaired) electrons. The van der Waals surface area contributed by atoms with E-state index in [9.17, 15) is 9.59 Å². The number of nitrogens with zero attached hydrogens (tertiary/aromatic N) is 1. The molecule has 0 spiro atoms. The largest absolute Gasteiger partial charge is 0.480 e. The summed E-state index contributed by atoms with van der Waals surface area (Å²) >= 11 is 1.48. The molecule has 0 aromatic carbocycles. The highest BCUT2D eigenvalue weighted by molar-refractivity contribution is 7.11. The van der Waals surface area contributed by atoms with Crippen LogP contribution in [0.5, 0.6) is 0 Å². The van der Waals surface area contributed by atoms with Crippen LogP contribution in [-0.2, 0) is 9.59 Å². The van der Waals surface area contributed by atoms with Crippen molar-refractivity contribution in [2.24, 2.45) is 5.41 Å². The second kappa shape index (κ2) is 4.83. The maximum atomic E-state index is 11.8. The molecule has 1 atom stereocenters. The van der Waals surface area contributed by atoms with Gasteiger partial charge in [0.05, 0.1) is 6.04 Å². The van der Waals surface area contributed by atoms with Gasteiger partial charge in [0, 0.05) is 11.1 Å². The van der Waals surface area contributed by atoms with Crippen molar-refractivity contribution < 1.29 is 14.7 Å². The summed E-state index contributed by atoms with van der Waals surface area (Å²) in [5.74, 6) is -1.65. The fourth-order valence-corrected chi connectivity index (χ4v) is 1.88. The zero-order chi connectivity index (χ0) is 13.2. The van der Waals surface area contributed by atoms with Gasteiger partial charge in [-0.1, -0.05) is 0 Å². The van der Waals surface area contributed by atoms with Crippen molar-refractivity contribution in [1.82, 2.24) is 10.3 Å². The lowest BCUT2D eigenvalue weighted by Gasteiger charge is -2.21. The Labute approximate surface area is 104 Å². The van der Waals surface area contributed by atoms with E-state index in [2.05, 4.69) is 10.3 Å². The van der Waals surface area contributed by atoms with Gasteiger partial charge in [-0.3, -0.25) is 9.59 Å². The number of hydrogen-bond donors (Lipinski definition) is 2. The Morgan fingerprint density at radius 2 is 2.12 bits per heavy atom. The quantitative estimate of drug-likeness (QED) is 0.804. The minimum atomic E-state index is -1.43. The van der Waals surface area contributed by atoms with Crippen LogP contribution >= 0.6 is 11.3 Å². The molecule has 0 fully saturated rings. The zero-order valence-electron chi connectivity index (χ0n) is 10.3. The molecule has 0 saturated heterocycles. The number of thiazole rings is 1. The number of nitrogens with one attached hydrogen (secondary N) is 1. The summed E-state index contributed by atoms with van der Waals surface area (Å²) in [6, 6.07) is -0.278. The van der Waals surface area contributed by atoms with Crippen LogP contribution in [0.4, 0.5) is 0 Å². The number of carboxylic acids is 1. The highest BCUT2D eigenvalue weighted by atomic mass is 32.1. The number of rotatable bonds is 4. The molecule has 1 heterocycles. The van der Waals surface area contributed by atoms with E-state index in [4.69, 9.17) is 5.11 Å². The van der Waals surface area contributed by atoms with E-state index in [0.717, 1.165) is 9.88 Å². The van der Waals surface area contributed by atoms with Gasteiger partial charge in [0.25, 0.3) is 0 Å². The second-order valence-electron chi connectivity index (χ2n) is 4.43. The minimum Gasteiger partial charge on any atom is -0.480 e. The third-order valence-corrected chi connectivity index (χ3v) is 3.55. The Morgan fingerprint density at radius 3 is 2.53 bits per heavy atom. The van der Waals surface area contributed by atoms with Crippen molar-refractivity contribution in [3.05, 3.63) is 16.1 Å². The van der Waals surface area contributed by atoms with Gasteiger partial charge in [-0.2, -0.15) is 0 Å². The average molecular weight is 256 g/mol. The van der Waals surface area contributed by atoms with Gasteiger partial charge < -0.3 is 10.4 Å². The van der Waals surface area contributed by atoms with Gasteiger partial charge in [-0.25, -0.2) is 4.98 Å². The van der Waals surface area contributed by atoms with Crippen LogP contribution in [0.15, 0.2) is 6.20 Å². The highest BCUT2D eigenvalue weighted by Crippen LogP contribution is 2.22. The summed E-state index contributed by atoms with van der Waals surface area (Å²) in [7, 11) is 0. The summed E-state index contributed by atoms with van der Waals surface area (Å²) < 4.78 is 0. The topological polar surface area (TPSA) is 79.3 Å². The van der Waals surface area contributed by atoms with Gasteiger partial charge in [0.1, 0.15) is 10.4 Å². The second-order valence-corrected chi connectivity index (χ2v) is 5.70. The van der Waals surface area contributed by atoms with Gasteiger partial charge in [-0.05, 0) is 27.7 Å². The molecule has 0 aliphatic heterocycles. The molecule has 0 bridgehead atoms. The van der Waals surface area contributed by atoms with Crippen molar-refractivity contribution in [3.8, 4) is 0 Å². The number of hydrogen-bond acceptors (Lipinski definition) is 4. The van der Waals surface area contributed by atoms with Crippen LogP contribution in [-0.4, -0.2) is 22.0 Å². The lowest BCUT2D eigenvalue weighted by Crippen LogP contribution is -2.43. The van der Waals surface area contributed by atoms with Gasteiger partial charge >= 0.3 is 5.97 Å². The number of carbonyl (C=O) groups excluding carboxylic acids is 1. The molecule has 6 heteroatoms. The molecule has 0 aliphatic carbocycles. The Morgan fingerprint density at radius 1 is 1.53 bits per heavy atom. The van der Waals surface area contributed by atoms with E-state index in [1.807, 2.05) is 6.92 Å². The summed E-state index contributed by atoms with van der Waals surface area (Å²) in [5, 5.41) is 12.4. The molecule has 94 valence electrons.